The van der Waals surface area contributed by atoms with Crippen molar-refractivity contribution < 1.29 is 0 Å². The molecule has 7 aromatic heterocycles. The van der Waals surface area contributed by atoms with Crippen LogP contribution in [0.2, 0.25) is 0 Å². The lowest BCUT2D eigenvalue weighted by Crippen LogP contribution is -1.93. The van der Waals surface area contributed by atoms with E-state index in [1.807, 2.05) is 0 Å². The summed E-state index contributed by atoms with van der Waals surface area (Å²) >= 11 is 0. The van der Waals surface area contributed by atoms with Crippen LogP contribution in [0.1, 0.15) is 0 Å². The highest BCUT2D eigenvalue weighted by Gasteiger charge is 2.28. The average molecular weight is 938 g/mol. The Labute approximate surface area is 421 Å². The lowest BCUT2D eigenvalue weighted by molar-refractivity contribution is 1.18. The summed E-state index contributed by atoms with van der Waals surface area (Å²) in [7, 11) is 0. The number of hydrogen-bond acceptors (Lipinski definition) is 1. The third-order valence-electron chi connectivity index (χ3n) is 16.6. The van der Waals surface area contributed by atoms with E-state index in [9.17, 15) is 0 Å². The molecule has 0 amide bonds. The average Bonchev–Trinajstić information content (AvgIpc) is 4.34. The first-order chi connectivity index (χ1) is 36.8. The summed E-state index contributed by atoms with van der Waals surface area (Å²) in [5.74, 6) is 0. The van der Waals surface area contributed by atoms with Crippen LogP contribution in [0.25, 0.3) is 164 Å². The van der Waals surface area contributed by atoms with Gasteiger partial charge in [-0.2, -0.15) is 0 Å². The van der Waals surface area contributed by atoms with Crippen LogP contribution in [0.15, 0.2) is 237 Å². The molecule has 18 rings (SSSR count). The van der Waals surface area contributed by atoms with E-state index in [4.69, 9.17) is 4.98 Å². The summed E-state index contributed by atoms with van der Waals surface area (Å²) < 4.78 is 9.83. The summed E-state index contributed by atoms with van der Waals surface area (Å²) in [4.78, 5) is 5.66. The first-order valence-corrected chi connectivity index (χ1v) is 25.5. The van der Waals surface area contributed by atoms with Gasteiger partial charge in [-0.15, -0.1) is 0 Å². The molecule has 7 heterocycles. The number of nitrogens with zero attached hydrogens (tertiary/aromatic N) is 5. The van der Waals surface area contributed by atoms with Crippen molar-refractivity contribution in [3.05, 3.63) is 237 Å². The number of benzene rings is 11. The fourth-order valence-corrected chi connectivity index (χ4v) is 13.7. The second-order valence-electron chi connectivity index (χ2n) is 20.2. The van der Waals surface area contributed by atoms with Crippen LogP contribution in [-0.2, 0) is 0 Å². The summed E-state index contributed by atoms with van der Waals surface area (Å²) in [5, 5.41) is 17.4. The minimum Gasteiger partial charge on any atom is -0.309 e. The number of aromatic nitrogens is 5. The van der Waals surface area contributed by atoms with Crippen molar-refractivity contribution in [2.45, 2.75) is 0 Å². The quantitative estimate of drug-likeness (QED) is 0.173. The second-order valence-corrected chi connectivity index (χ2v) is 20.2. The first-order valence-electron chi connectivity index (χ1n) is 25.5. The molecule has 0 aliphatic carbocycles. The Hall–Kier alpha value is -9.97. The number of para-hydroxylation sites is 7. The van der Waals surface area contributed by atoms with Crippen molar-refractivity contribution in [1.29, 1.82) is 0 Å². The van der Waals surface area contributed by atoms with Gasteiger partial charge in [0, 0.05) is 87.1 Å². The van der Waals surface area contributed by atoms with E-state index < -0.39 is 0 Å². The van der Waals surface area contributed by atoms with E-state index in [1.54, 1.807) is 0 Å². The van der Waals surface area contributed by atoms with Crippen LogP contribution in [0.4, 0.5) is 0 Å². The van der Waals surface area contributed by atoms with Crippen LogP contribution in [0, 0.1) is 0 Å². The minimum atomic E-state index is 0.983. The van der Waals surface area contributed by atoms with E-state index in [1.165, 1.54) is 142 Å². The van der Waals surface area contributed by atoms with Crippen LogP contribution >= 0.6 is 0 Å². The molecule has 0 spiro atoms. The third kappa shape index (κ3) is 4.77. The Morgan fingerprint density at radius 3 is 1.39 bits per heavy atom. The molecule has 340 valence electrons. The van der Waals surface area contributed by atoms with Crippen molar-refractivity contribution in [3.8, 4) is 33.6 Å². The Kier molecular flexibility index (Phi) is 7.28. The Balaban J connectivity index is 0.936. The van der Waals surface area contributed by atoms with Gasteiger partial charge in [0.15, 0.2) is 0 Å². The maximum atomic E-state index is 5.66. The molecule has 0 saturated heterocycles. The molecule has 0 aliphatic rings. The van der Waals surface area contributed by atoms with Gasteiger partial charge in [-0.25, -0.2) is 4.98 Å². The van der Waals surface area contributed by atoms with Gasteiger partial charge in [0.1, 0.15) is 5.65 Å². The van der Waals surface area contributed by atoms with E-state index >= 15 is 0 Å². The normalized spacial score (nSPS) is 12.6. The zero-order chi connectivity index (χ0) is 47.9. The van der Waals surface area contributed by atoms with Gasteiger partial charge in [-0.05, 0) is 88.6 Å². The van der Waals surface area contributed by atoms with Crippen molar-refractivity contribution in [2.24, 2.45) is 0 Å². The zero-order valence-corrected chi connectivity index (χ0v) is 39.8. The smallest absolute Gasteiger partial charge is 0.146 e. The van der Waals surface area contributed by atoms with Gasteiger partial charge >= 0.3 is 0 Å². The highest BCUT2D eigenvalue weighted by Crippen LogP contribution is 2.51. The zero-order valence-electron chi connectivity index (χ0n) is 39.8. The van der Waals surface area contributed by atoms with Crippen molar-refractivity contribution in [1.82, 2.24) is 22.9 Å². The topological polar surface area (TPSA) is 31.6 Å². The number of rotatable bonds is 4. The molecule has 0 saturated carbocycles. The molecule has 0 fully saturated rings. The standard InChI is InChI=1S/C69H39N5/c1-3-17-43(18-4-1)71-57-30-11-9-22-48(57)54-36-41(32-34-59(54)71)46-24-13-26-50-51-27-15-29-53-62-61(73(65(46)50)67(51)53)39-70-69-64(62)63-45-21-8-7-16-40(45)38-56-52-28-14-25-47(66(52)74(69)68(56)63)42-33-35-60-55(37-42)49-23-10-12-31-58(49)72(60)44-19-5-2-6-20-44/h1-39H. The number of hydrogen-bond donors (Lipinski definition) is 0. The monoisotopic (exact) mass is 937 g/mol. The Morgan fingerprint density at radius 1 is 0.270 bits per heavy atom. The van der Waals surface area contributed by atoms with Gasteiger partial charge < -0.3 is 13.5 Å². The number of fused-ring (bicyclic) bond motifs is 21. The molecular formula is C69H39N5. The maximum Gasteiger partial charge on any atom is 0.146 e. The predicted molar refractivity (Wildman–Crippen MR) is 311 cm³/mol. The van der Waals surface area contributed by atoms with E-state index in [2.05, 4.69) is 255 Å². The fraction of sp³-hybridized carbons (Fsp3) is 0. The first kappa shape index (κ1) is 38.7. The molecule has 18 aromatic rings. The Bertz CT molecular complexity index is 5420. The molecule has 74 heavy (non-hydrogen) atoms. The lowest BCUT2D eigenvalue weighted by Gasteiger charge is -2.10. The lowest BCUT2D eigenvalue weighted by atomic mass is 9.96. The van der Waals surface area contributed by atoms with Gasteiger partial charge in [0.2, 0.25) is 0 Å². The van der Waals surface area contributed by atoms with Gasteiger partial charge in [-0.1, -0.05) is 164 Å². The van der Waals surface area contributed by atoms with Crippen LogP contribution in [0.5, 0.6) is 0 Å². The van der Waals surface area contributed by atoms with Crippen molar-refractivity contribution >= 4 is 131 Å². The summed E-state index contributed by atoms with van der Waals surface area (Å²) in [6.07, 6.45) is 2.17. The molecule has 0 aliphatic heterocycles. The third-order valence-corrected chi connectivity index (χ3v) is 16.6. The molecule has 0 bridgehead atoms. The van der Waals surface area contributed by atoms with E-state index in [0.29, 0.717) is 0 Å². The second kappa shape index (κ2) is 13.9. The molecule has 0 radical (unpaired) electrons. The molecule has 0 atom stereocenters. The van der Waals surface area contributed by atoms with E-state index in [0.717, 1.165) is 22.5 Å². The summed E-state index contributed by atoms with van der Waals surface area (Å²) in [5.41, 5.74) is 18.8. The minimum absolute atomic E-state index is 0.983. The Morgan fingerprint density at radius 2 is 0.757 bits per heavy atom. The highest BCUT2D eigenvalue weighted by molar-refractivity contribution is 6.39. The summed E-state index contributed by atoms with van der Waals surface area (Å²) in [6.45, 7) is 0. The van der Waals surface area contributed by atoms with Crippen LogP contribution in [0.3, 0.4) is 0 Å². The maximum absolute atomic E-state index is 5.66. The molecule has 0 unspecified atom stereocenters. The van der Waals surface area contributed by atoms with Crippen LogP contribution < -0.4 is 0 Å². The van der Waals surface area contributed by atoms with Gasteiger partial charge in [0.25, 0.3) is 0 Å². The van der Waals surface area contributed by atoms with Gasteiger partial charge in [-0.3, -0.25) is 4.40 Å². The van der Waals surface area contributed by atoms with Crippen molar-refractivity contribution in [3.63, 3.8) is 0 Å². The molecule has 11 aromatic carbocycles. The molecule has 5 nitrogen and oxygen atoms in total. The van der Waals surface area contributed by atoms with Gasteiger partial charge in [0.05, 0.1) is 55.8 Å². The van der Waals surface area contributed by atoms with Crippen LogP contribution in [-0.4, -0.2) is 22.9 Å². The highest BCUT2D eigenvalue weighted by atomic mass is 15.0. The molecule has 0 N–H and O–H groups in total. The number of pyridine rings is 1. The van der Waals surface area contributed by atoms with E-state index in [-0.39, 0.29) is 0 Å². The largest absolute Gasteiger partial charge is 0.309 e. The fourth-order valence-electron chi connectivity index (χ4n) is 13.7. The van der Waals surface area contributed by atoms with Crippen molar-refractivity contribution in [2.75, 3.05) is 0 Å². The molecular weight excluding hydrogens is 899 g/mol. The molecule has 5 heteroatoms. The summed E-state index contributed by atoms with van der Waals surface area (Å²) in [6, 6.07) is 85.1. The predicted octanol–water partition coefficient (Wildman–Crippen LogP) is 18.1. The SMILES string of the molecule is c1ccc(-n2c3ccccc3c3cc(-c4cccc5c6cccc7c8c9c%10c%11ccccc%11cc%11c%12cccc(-c%13ccc%14c(c%13)c%13ccccc%13n%14-c%13ccccc%13)c%12n(c9ncc8n(c45)c67)c%11%10)ccc32)cc1.